The van der Waals surface area contributed by atoms with Crippen LogP contribution in [0.15, 0.2) is 33.3 Å². The summed E-state index contributed by atoms with van der Waals surface area (Å²) in [6, 6.07) is 7.56. The van der Waals surface area contributed by atoms with Crippen molar-refractivity contribution in [1.29, 1.82) is 0 Å². The molecule has 0 saturated carbocycles. The Balaban J connectivity index is 0.000000704. The average Bonchev–Trinajstić information content (AvgIpc) is 3.10. The number of nitrogens with zero attached hydrogens (tertiary/aromatic N) is 4. The Morgan fingerprint density at radius 3 is 2.25 bits per heavy atom. The molecule has 0 N–H and O–H groups in total. The van der Waals surface area contributed by atoms with Crippen LogP contribution in [0, 0.1) is 13.8 Å². The SMILES string of the molecule is CC.Cc1noc(-c2cccc(-c3noc(C)n3)c2)n1. The van der Waals surface area contributed by atoms with Crippen LogP contribution in [0.1, 0.15) is 25.6 Å². The summed E-state index contributed by atoms with van der Waals surface area (Å²) in [6.07, 6.45) is 0. The van der Waals surface area contributed by atoms with E-state index in [1.165, 1.54) is 0 Å². The smallest absolute Gasteiger partial charge is 0.257 e. The molecule has 2 aromatic heterocycles. The second-order valence-electron chi connectivity index (χ2n) is 3.86. The minimum atomic E-state index is 0.481. The Labute approximate surface area is 116 Å². The van der Waals surface area contributed by atoms with Gasteiger partial charge in [0, 0.05) is 18.1 Å². The summed E-state index contributed by atoms with van der Waals surface area (Å²) < 4.78 is 10.1. The quantitative estimate of drug-likeness (QED) is 0.711. The molecule has 0 radical (unpaired) electrons. The van der Waals surface area contributed by atoms with Crippen molar-refractivity contribution in [3.63, 3.8) is 0 Å². The predicted molar refractivity (Wildman–Crippen MR) is 73.8 cm³/mol. The van der Waals surface area contributed by atoms with Crippen LogP contribution in [0.2, 0.25) is 0 Å². The molecule has 6 nitrogen and oxygen atoms in total. The molecule has 3 aromatic rings. The van der Waals surface area contributed by atoms with Crippen LogP contribution < -0.4 is 0 Å². The normalized spacial score (nSPS) is 10.0. The van der Waals surface area contributed by atoms with Crippen LogP contribution in [0.5, 0.6) is 0 Å². The van der Waals surface area contributed by atoms with Crippen molar-refractivity contribution in [2.45, 2.75) is 27.7 Å². The molecule has 0 amide bonds. The third-order valence-corrected chi connectivity index (χ3v) is 2.42. The molecule has 0 unspecified atom stereocenters. The van der Waals surface area contributed by atoms with Gasteiger partial charge in [-0.2, -0.15) is 9.97 Å². The highest BCUT2D eigenvalue weighted by molar-refractivity contribution is 5.64. The Morgan fingerprint density at radius 1 is 0.900 bits per heavy atom. The fraction of sp³-hybridized carbons (Fsp3) is 0.286. The molecule has 0 aliphatic heterocycles. The average molecular weight is 272 g/mol. The predicted octanol–water partition coefficient (Wildman–Crippen LogP) is 3.43. The Kier molecular flexibility index (Phi) is 4.24. The van der Waals surface area contributed by atoms with Crippen LogP contribution in [-0.4, -0.2) is 20.3 Å². The van der Waals surface area contributed by atoms with Crippen molar-refractivity contribution in [3.8, 4) is 22.8 Å². The van der Waals surface area contributed by atoms with Crippen LogP contribution in [0.4, 0.5) is 0 Å². The van der Waals surface area contributed by atoms with Gasteiger partial charge in [-0.25, -0.2) is 0 Å². The maximum absolute atomic E-state index is 5.12. The molecule has 6 heteroatoms. The van der Waals surface area contributed by atoms with Crippen molar-refractivity contribution in [2.75, 3.05) is 0 Å². The van der Waals surface area contributed by atoms with Gasteiger partial charge in [0.05, 0.1) is 0 Å². The summed E-state index contributed by atoms with van der Waals surface area (Å²) in [5.41, 5.74) is 1.68. The topological polar surface area (TPSA) is 77.8 Å². The van der Waals surface area contributed by atoms with E-state index in [0.29, 0.717) is 23.4 Å². The first kappa shape index (κ1) is 13.9. The molecule has 3 rings (SSSR count). The van der Waals surface area contributed by atoms with Crippen molar-refractivity contribution in [2.24, 2.45) is 0 Å². The third-order valence-electron chi connectivity index (χ3n) is 2.42. The van der Waals surface area contributed by atoms with Crippen LogP contribution in [-0.2, 0) is 0 Å². The minimum Gasteiger partial charge on any atom is -0.339 e. The van der Waals surface area contributed by atoms with E-state index in [4.69, 9.17) is 9.05 Å². The molecule has 0 bridgehead atoms. The number of benzene rings is 1. The number of rotatable bonds is 2. The highest BCUT2D eigenvalue weighted by atomic mass is 16.5. The number of hydrogen-bond acceptors (Lipinski definition) is 6. The van der Waals surface area contributed by atoms with Gasteiger partial charge >= 0.3 is 0 Å². The number of hydrogen-bond donors (Lipinski definition) is 0. The van der Waals surface area contributed by atoms with Crippen molar-refractivity contribution < 1.29 is 9.05 Å². The highest BCUT2D eigenvalue weighted by Crippen LogP contribution is 2.23. The van der Waals surface area contributed by atoms with Gasteiger partial charge in [0.1, 0.15) is 0 Å². The Hall–Kier alpha value is -2.50. The van der Waals surface area contributed by atoms with Gasteiger partial charge in [0.15, 0.2) is 5.82 Å². The Morgan fingerprint density at radius 2 is 1.65 bits per heavy atom. The molecule has 0 saturated heterocycles. The fourth-order valence-corrected chi connectivity index (χ4v) is 1.62. The summed E-state index contributed by atoms with van der Waals surface area (Å²) >= 11 is 0. The van der Waals surface area contributed by atoms with E-state index in [-0.39, 0.29) is 0 Å². The van der Waals surface area contributed by atoms with Gasteiger partial charge in [0.2, 0.25) is 11.7 Å². The molecule has 0 spiro atoms. The molecule has 2 heterocycles. The molecule has 0 atom stereocenters. The first-order chi connectivity index (χ1) is 9.72. The van der Waals surface area contributed by atoms with E-state index in [9.17, 15) is 0 Å². The van der Waals surface area contributed by atoms with Crippen molar-refractivity contribution in [1.82, 2.24) is 20.3 Å². The number of aromatic nitrogens is 4. The lowest BCUT2D eigenvalue weighted by molar-refractivity contribution is 0.394. The first-order valence-electron chi connectivity index (χ1n) is 6.44. The van der Waals surface area contributed by atoms with Gasteiger partial charge in [-0.05, 0) is 19.1 Å². The Bertz CT molecular complexity index is 632. The first-order valence-corrected chi connectivity index (χ1v) is 6.44. The zero-order valence-electron chi connectivity index (χ0n) is 11.9. The number of aryl methyl sites for hydroxylation is 2. The van der Waals surface area contributed by atoms with E-state index in [2.05, 4.69) is 20.3 Å². The zero-order chi connectivity index (χ0) is 14.5. The second-order valence-corrected chi connectivity index (χ2v) is 3.86. The lowest BCUT2D eigenvalue weighted by Crippen LogP contribution is -1.83. The molecule has 0 aliphatic carbocycles. The molecular formula is C14H16N4O2. The largest absolute Gasteiger partial charge is 0.339 e. The highest BCUT2D eigenvalue weighted by Gasteiger charge is 2.10. The summed E-state index contributed by atoms with van der Waals surface area (Å²) in [5, 5.41) is 7.64. The lowest BCUT2D eigenvalue weighted by atomic mass is 10.1. The van der Waals surface area contributed by atoms with Gasteiger partial charge in [-0.3, -0.25) is 0 Å². The van der Waals surface area contributed by atoms with Crippen LogP contribution in [0.3, 0.4) is 0 Å². The summed E-state index contributed by atoms with van der Waals surface area (Å²) in [6.45, 7) is 7.53. The summed E-state index contributed by atoms with van der Waals surface area (Å²) in [7, 11) is 0. The van der Waals surface area contributed by atoms with E-state index in [0.717, 1.165) is 11.1 Å². The van der Waals surface area contributed by atoms with Crippen molar-refractivity contribution >= 4 is 0 Å². The van der Waals surface area contributed by atoms with Gasteiger partial charge in [-0.15, -0.1) is 0 Å². The minimum absolute atomic E-state index is 0.481. The molecule has 20 heavy (non-hydrogen) atoms. The van der Waals surface area contributed by atoms with E-state index >= 15 is 0 Å². The van der Waals surface area contributed by atoms with Crippen molar-refractivity contribution in [3.05, 3.63) is 36.0 Å². The lowest BCUT2D eigenvalue weighted by Gasteiger charge is -1.97. The maximum atomic E-state index is 5.12. The third kappa shape index (κ3) is 2.90. The summed E-state index contributed by atoms with van der Waals surface area (Å²) in [4.78, 5) is 8.36. The van der Waals surface area contributed by atoms with Gasteiger partial charge in [0.25, 0.3) is 5.89 Å². The molecule has 1 aromatic carbocycles. The second kappa shape index (κ2) is 6.10. The molecule has 104 valence electrons. The van der Waals surface area contributed by atoms with Crippen LogP contribution in [0.25, 0.3) is 22.8 Å². The summed E-state index contributed by atoms with van der Waals surface area (Å²) in [5.74, 6) is 2.16. The monoisotopic (exact) mass is 272 g/mol. The molecular weight excluding hydrogens is 256 g/mol. The molecule has 0 fully saturated rings. The van der Waals surface area contributed by atoms with Gasteiger partial charge in [-0.1, -0.05) is 36.3 Å². The van der Waals surface area contributed by atoms with Crippen LogP contribution >= 0.6 is 0 Å². The molecule has 0 aliphatic rings. The van der Waals surface area contributed by atoms with E-state index in [1.54, 1.807) is 13.8 Å². The maximum Gasteiger partial charge on any atom is 0.257 e. The zero-order valence-corrected chi connectivity index (χ0v) is 11.9. The van der Waals surface area contributed by atoms with Gasteiger partial charge < -0.3 is 9.05 Å². The standard InChI is InChI=1S/C12H10N4O2.C2H6/c1-7-13-12(18-15-7)10-5-3-4-9(6-10)11-14-8(2)17-16-11;1-2/h3-6H,1-2H3;1-2H3. The van der Waals surface area contributed by atoms with E-state index < -0.39 is 0 Å². The fourth-order valence-electron chi connectivity index (χ4n) is 1.62. The van der Waals surface area contributed by atoms with E-state index in [1.807, 2.05) is 38.1 Å².